The van der Waals surface area contributed by atoms with Crippen molar-refractivity contribution < 1.29 is 13.2 Å². The van der Waals surface area contributed by atoms with E-state index in [1.165, 1.54) is 31.9 Å². The van der Waals surface area contributed by atoms with Gasteiger partial charge in [0.1, 0.15) is 0 Å². The molecule has 0 atom stereocenters. The summed E-state index contributed by atoms with van der Waals surface area (Å²) in [6.45, 7) is 3.40. The maximum atomic E-state index is 12.7. The van der Waals surface area contributed by atoms with Crippen LogP contribution in [0.2, 0.25) is 0 Å². The Hall–Kier alpha value is -1.40. The molecule has 0 unspecified atom stereocenters. The molecule has 1 aliphatic carbocycles. The summed E-state index contributed by atoms with van der Waals surface area (Å²) in [5.74, 6) is -0.0137. The SMILES string of the molecule is CS(=O)(=O)Cc1cccc(C(=O)N2CCN(C3CCCC3)CC2)c1. The second-order valence-electron chi connectivity index (χ2n) is 7.04. The molecule has 5 nitrogen and oxygen atoms in total. The number of rotatable bonds is 4. The lowest BCUT2D eigenvalue weighted by Gasteiger charge is -2.38. The number of carbonyl (C=O) groups is 1. The maximum Gasteiger partial charge on any atom is 0.253 e. The Morgan fingerprint density at radius 1 is 1.12 bits per heavy atom. The lowest BCUT2D eigenvalue weighted by molar-refractivity contribution is 0.0573. The molecule has 0 spiro atoms. The van der Waals surface area contributed by atoms with E-state index in [0.717, 1.165) is 26.2 Å². The molecule has 1 saturated carbocycles. The zero-order chi connectivity index (χ0) is 17.2. The molecule has 1 heterocycles. The second-order valence-corrected chi connectivity index (χ2v) is 9.18. The lowest BCUT2D eigenvalue weighted by Crippen LogP contribution is -2.51. The Morgan fingerprint density at radius 2 is 1.79 bits per heavy atom. The van der Waals surface area contributed by atoms with Crippen molar-refractivity contribution in [1.82, 2.24) is 9.80 Å². The summed E-state index contributed by atoms with van der Waals surface area (Å²) >= 11 is 0. The summed E-state index contributed by atoms with van der Waals surface area (Å²) in [6.07, 6.45) is 6.46. The standard InChI is InChI=1S/C18H26N2O3S/c1-24(22,23)14-15-5-4-6-16(13-15)18(21)20-11-9-19(10-12-20)17-7-2-3-8-17/h4-6,13,17H,2-3,7-12,14H2,1H3. The van der Waals surface area contributed by atoms with E-state index in [1.807, 2.05) is 4.90 Å². The molecule has 132 valence electrons. The molecule has 24 heavy (non-hydrogen) atoms. The molecule has 0 radical (unpaired) electrons. The van der Waals surface area contributed by atoms with Crippen LogP contribution in [0.4, 0.5) is 0 Å². The van der Waals surface area contributed by atoms with Gasteiger partial charge in [0.15, 0.2) is 9.84 Å². The third-order valence-corrected chi connectivity index (χ3v) is 5.90. The number of piperazine rings is 1. The zero-order valence-corrected chi connectivity index (χ0v) is 15.1. The van der Waals surface area contributed by atoms with Crippen LogP contribution in [0.15, 0.2) is 24.3 Å². The number of carbonyl (C=O) groups excluding carboxylic acids is 1. The van der Waals surface area contributed by atoms with E-state index < -0.39 is 9.84 Å². The number of benzene rings is 1. The Bertz CT molecular complexity index is 688. The molecule has 2 fully saturated rings. The van der Waals surface area contributed by atoms with Gasteiger partial charge in [-0.3, -0.25) is 9.69 Å². The van der Waals surface area contributed by atoms with Crippen molar-refractivity contribution in [2.75, 3.05) is 32.4 Å². The molecule has 0 aromatic heterocycles. The van der Waals surface area contributed by atoms with Crippen LogP contribution in [0.25, 0.3) is 0 Å². The van der Waals surface area contributed by atoms with Crippen molar-refractivity contribution in [3.63, 3.8) is 0 Å². The van der Waals surface area contributed by atoms with E-state index in [0.29, 0.717) is 17.2 Å². The summed E-state index contributed by atoms with van der Waals surface area (Å²) in [6, 6.07) is 7.73. The highest BCUT2D eigenvalue weighted by molar-refractivity contribution is 7.89. The number of hydrogen-bond acceptors (Lipinski definition) is 4. The first-order chi connectivity index (χ1) is 11.4. The predicted molar refractivity (Wildman–Crippen MR) is 94.7 cm³/mol. The number of nitrogens with zero attached hydrogens (tertiary/aromatic N) is 2. The quantitative estimate of drug-likeness (QED) is 0.833. The lowest BCUT2D eigenvalue weighted by atomic mass is 10.1. The van der Waals surface area contributed by atoms with Gasteiger partial charge in [0, 0.05) is 44.0 Å². The molecule has 3 rings (SSSR count). The van der Waals surface area contributed by atoms with Crippen LogP contribution in [-0.2, 0) is 15.6 Å². The van der Waals surface area contributed by atoms with Gasteiger partial charge in [-0.15, -0.1) is 0 Å². The van der Waals surface area contributed by atoms with Crippen molar-refractivity contribution in [2.24, 2.45) is 0 Å². The minimum absolute atomic E-state index is 0.0106. The fourth-order valence-corrected chi connectivity index (χ4v) is 4.62. The van der Waals surface area contributed by atoms with Crippen molar-refractivity contribution in [3.05, 3.63) is 35.4 Å². The molecule has 0 bridgehead atoms. The van der Waals surface area contributed by atoms with Gasteiger partial charge in [0.2, 0.25) is 0 Å². The van der Waals surface area contributed by atoms with Crippen LogP contribution in [0, 0.1) is 0 Å². The van der Waals surface area contributed by atoms with E-state index in [1.54, 1.807) is 24.3 Å². The number of sulfone groups is 1. The third-order valence-electron chi connectivity index (χ3n) is 5.05. The second kappa shape index (κ2) is 7.23. The maximum absolute atomic E-state index is 12.7. The molecule has 6 heteroatoms. The zero-order valence-electron chi connectivity index (χ0n) is 14.3. The minimum atomic E-state index is -3.09. The first kappa shape index (κ1) is 17.4. The monoisotopic (exact) mass is 350 g/mol. The van der Waals surface area contributed by atoms with Crippen molar-refractivity contribution in [2.45, 2.75) is 37.5 Å². The van der Waals surface area contributed by atoms with Gasteiger partial charge in [0.25, 0.3) is 5.91 Å². The topological polar surface area (TPSA) is 57.7 Å². The molecule has 1 aromatic rings. The van der Waals surface area contributed by atoms with Crippen LogP contribution in [-0.4, -0.2) is 62.6 Å². The van der Waals surface area contributed by atoms with Gasteiger partial charge in [0.05, 0.1) is 5.75 Å². The largest absolute Gasteiger partial charge is 0.336 e. The van der Waals surface area contributed by atoms with Gasteiger partial charge < -0.3 is 4.90 Å². The smallest absolute Gasteiger partial charge is 0.253 e. The van der Waals surface area contributed by atoms with Gasteiger partial charge in [-0.1, -0.05) is 25.0 Å². The summed E-state index contributed by atoms with van der Waals surface area (Å²) in [5.41, 5.74) is 1.26. The molecule has 0 N–H and O–H groups in total. The fraction of sp³-hybridized carbons (Fsp3) is 0.611. The highest BCUT2D eigenvalue weighted by Crippen LogP contribution is 2.24. The summed E-state index contributed by atoms with van der Waals surface area (Å²) in [4.78, 5) is 17.1. The van der Waals surface area contributed by atoms with E-state index in [9.17, 15) is 13.2 Å². The van der Waals surface area contributed by atoms with Crippen LogP contribution >= 0.6 is 0 Å². The molecular formula is C18H26N2O3S. The molecule has 1 aliphatic heterocycles. The van der Waals surface area contributed by atoms with E-state index >= 15 is 0 Å². The summed E-state index contributed by atoms with van der Waals surface area (Å²) in [7, 11) is -3.09. The number of hydrogen-bond donors (Lipinski definition) is 0. The Balaban J connectivity index is 1.61. The van der Waals surface area contributed by atoms with Crippen LogP contribution in [0.1, 0.15) is 41.6 Å². The molecular weight excluding hydrogens is 324 g/mol. The number of amides is 1. The van der Waals surface area contributed by atoms with E-state index in [-0.39, 0.29) is 11.7 Å². The average Bonchev–Trinajstić information content (AvgIpc) is 3.07. The van der Waals surface area contributed by atoms with Crippen LogP contribution in [0.3, 0.4) is 0 Å². The molecule has 1 amide bonds. The summed E-state index contributed by atoms with van der Waals surface area (Å²) in [5, 5.41) is 0. The minimum Gasteiger partial charge on any atom is -0.336 e. The first-order valence-electron chi connectivity index (χ1n) is 8.72. The van der Waals surface area contributed by atoms with Gasteiger partial charge in [-0.2, -0.15) is 0 Å². The molecule has 1 saturated heterocycles. The fourth-order valence-electron chi connectivity index (χ4n) is 3.84. The highest BCUT2D eigenvalue weighted by Gasteiger charge is 2.28. The molecule has 2 aliphatic rings. The Labute approximate surface area is 144 Å². The Morgan fingerprint density at radius 3 is 2.42 bits per heavy atom. The van der Waals surface area contributed by atoms with Crippen LogP contribution in [0.5, 0.6) is 0 Å². The van der Waals surface area contributed by atoms with Gasteiger partial charge >= 0.3 is 0 Å². The van der Waals surface area contributed by atoms with Crippen molar-refractivity contribution in [1.29, 1.82) is 0 Å². The van der Waals surface area contributed by atoms with Gasteiger partial charge in [-0.25, -0.2) is 8.42 Å². The predicted octanol–water partition coefficient (Wildman–Crippen LogP) is 1.93. The van der Waals surface area contributed by atoms with E-state index in [4.69, 9.17) is 0 Å². The van der Waals surface area contributed by atoms with Crippen molar-refractivity contribution in [3.8, 4) is 0 Å². The van der Waals surface area contributed by atoms with Crippen LogP contribution < -0.4 is 0 Å². The Kier molecular flexibility index (Phi) is 5.25. The summed E-state index contributed by atoms with van der Waals surface area (Å²) < 4.78 is 22.9. The van der Waals surface area contributed by atoms with E-state index in [2.05, 4.69) is 4.90 Å². The first-order valence-corrected chi connectivity index (χ1v) is 10.8. The van der Waals surface area contributed by atoms with Crippen molar-refractivity contribution >= 4 is 15.7 Å². The molecule has 1 aromatic carbocycles. The third kappa shape index (κ3) is 4.36. The normalized spacial score (nSPS) is 20.5. The average molecular weight is 350 g/mol. The van der Waals surface area contributed by atoms with Gasteiger partial charge in [-0.05, 0) is 30.5 Å². The highest BCUT2D eigenvalue weighted by atomic mass is 32.2.